The van der Waals surface area contributed by atoms with Gasteiger partial charge < -0.3 is 14.8 Å². The van der Waals surface area contributed by atoms with E-state index in [0.29, 0.717) is 24.7 Å². The van der Waals surface area contributed by atoms with Gasteiger partial charge in [-0.25, -0.2) is 0 Å². The molecule has 3 rings (SSSR count). The first-order chi connectivity index (χ1) is 10.3. The van der Waals surface area contributed by atoms with Gasteiger partial charge in [0.2, 0.25) is 5.91 Å². The molecule has 1 aliphatic rings. The monoisotopic (exact) mass is 301 g/mol. The van der Waals surface area contributed by atoms with Gasteiger partial charge in [-0.2, -0.15) is 0 Å². The fourth-order valence-electron chi connectivity index (χ4n) is 1.97. The van der Waals surface area contributed by atoms with Crippen LogP contribution >= 0.6 is 11.3 Å². The molecule has 4 nitrogen and oxygen atoms in total. The molecule has 0 saturated heterocycles. The average Bonchev–Trinajstić information content (AvgIpc) is 2.90. The first-order valence-corrected chi connectivity index (χ1v) is 7.61. The van der Waals surface area contributed by atoms with E-state index in [9.17, 15) is 4.79 Å². The molecule has 0 fully saturated rings. The van der Waals surface area contributed by atoms with Gasteiger partial charge in [0.15, 0.2) is 11.5 Å². The normalized spacial score (nSPS) is 13.9. The largest absolute Gasteiger partial charge is 0.490 e. The number of carbonyl (C=O) groups is 1. The fraction of sp³-hybridized carbons (Fsp3) is 0.188. The molecule has 21 heavy (non-hydrogen) atoms. The second-order valence-corrected chi connectivity index (χ2v) is 5.53. The number of fused-ring (bicyclic) bond motifs is 1. The first-order valence-electron chi connectivity index (χ1n) is 6.73. The van der Waals surface area contributed by atoms with Crippen LogP contribution in [0.5, 0.6) is 11.5 Å². The van der Waals surface area contributed by atoms with Crippen molar-refractivity contribution in [1.29, 1.82) is 0 Å². The Bertz CT molecular complexity index is 650. The predicted molar refractivity (Wildman–Crippen MR) is 84.0 cm³/mol. The minimum Gasteiger partial charge on any atom is -0.490 e. The van der Waals surface area contributed by atoms with Gasteiger partial charge in [-0.3, -0.25) is 4.79 Å². The maximum atomic E-state index is 11.9. The Labute approximate surface area is 127 Å². The molecule has 0 radical (unpaired) electrons. The third-order valence-corrected chi connectivity index (χ3v) is 3.79. The van der Waals surface area contributed by atoms with E-state index in [4.69, 9.17) is 9.47 Å². The molecule has 108 valence electrons. The van der Waals surface area contributed by atoms with Crippen LogP contribution in [0, 0.1) is 0 Å². The fourth-order valence-corrected chi connectivity index (χ4v) is 2.59. The molecule has 1 aliphatic heterocycles. The summed E-state index contributed by atoms with van der Waals surface area (Å²) in [5.74, 6) is 1.23. The lowest BCUT2D eigenvalue weighted by Gasteiger charge is -2.09. The van der Waals surface area contributed by atoms with E-state index < -0.39 is 0 Å². The Morgan fingerprint density at radius 1 is 1.19 bits per heavy atom. The van der Waals surface area contributed by atoms with E-state index in [1.165, 1.54) is 6.08 Å². The van der Waals surface area contributed by atoms with Gasteiger partial charge in [-0.05, 0) is 29.7 Å². The number of ether oxygens (including phenoxy) is 2. The van der Waals surface area contributed by atoms with Gasteiger partial charge in [0.05, 0.1) is 13.2 Å². The summed E-state index contributed by atoms with van der Waals surface area (Å²) in [7, 11) is 0. The van der Waals surface area contributed by atoms with Gasteiger partial charge in [-0.15, -0.1) is 11.3 Å². The molecular weight excluding hydrogens is 286 g/mol. The maximum Gasteiger partial charge on any atom is 0.248 e. The molecule has 2 heterocycles. The minimum absolute atomic E-state index is 0.169. The van der Waals surface area contributed by atoms with E-state index in [2.05, 4.69) is 5.32 Å². The molecule has 0 aliphatic carbocycles. The number of hydrogen-bond donors (Lipinski definition) is 1. The molecular formula is C16H15NO3S. The van der Waals surface area contributed by atoms with Gasteiger partial charge in [0.25, 0.3) is 0 Å². The summed E-state index contributed by atoms with van der Waals surface area (Å²) in [6, 6.07) is 9.33. The topological polar surface area (TPSA) is 47.6 Å². The van der Waals surface area contributed by atoms with Gasteiger partial charge in [0.1, 0.15) is 0 Å². The molecule has 0 unspecified atom stereocenters. The van der Waals surface area contributed by atoms with Crippen molar-refractivity contribution in [2.45, 2.75) is 6.42 Å². The Balaban J connectivity index is 1.67. The zero-order valence-corrected chi connectivity index (χ0v) is 12.2. The number of amides is 1. The molecule has 1 amide bonds. The number of carbonyl (C=O) groups excluding carboxylic acids is 1. The zero-order valence-electron chi connectivity index (χ0n) is 11.4. The summed E-state index contributed by atoms with van der Waals surface area (Å²) in [6.45, 7) is 1.28. The third kappa shape index (κ3) is 3.64. The SMILES string of the molecule is O=C(C=Cc1cccs1)Nc1ccc2c(c1)OCCCO2. The quantitative estimate of drug-likeness (QED) is 0.882. The van der Waals surface area contributed by atoms with Crippen LogP contribution in [0.15, 0.2) is 41.8 Å². The van der Waals surface area contributed by atoms with E-state index in [-0.39, 0.29) is 5.91 Å². The summed E-state index contributed by atoms with van der Waals surface area (Å²) in [5.41, 5.74) is 0.695. The molecule has 0 spiro atoms. The number of thiophene rings is 1. The number of rotatable bonds is 3. The Morgan fingerprint density at radius 3 is 2.86 bits per heavy atom. The maximum absolute atomic E-state index is 11.9. The molecule has 0 saturated carbocycles. The highest BCUT2D eigenvalue weighted by Gasteiger charge is 2.11. The van der Waals surface area contributed by atoms with Gasteiger partial charge >= 0.3 is 0 Å². The Kier molecular flexibility index (Phi) is 4.21. The lowest BCUT2D eigenvalue weighted by molar-refractivity contribution is -0.111. The van der Waals surface area contributed by atoms with Crippen LogP contribution in [0.3, 0.4) is 0 Å². The average molecular weight is 301 g/mol. The summed E-state index contributed by atoms with van der Waals surface area (Å²) in [5, 5.41) is 4.79. The molecule has 1 N–H and O–H groups in total. The van der Waals surface area contributed by atoms with E-state index in [1.807, 2.05) is 29.6 Å². The van der Waals surface area contributed by atoms with Gasteiger partial charge in [0, 0.05) is 29.1 Å². The van der Waals surface area contributed by atoms with Crippen LogP contribution in [0.4, 0.5) is 5.69 Å². The summed E-state index contributed by atoms with van der Waals surface area (Å²) in [6.07, 6.45) is 4.18. The summed E-state index contributed by atoms with van der Waals surface area (Å²) in [4.78, 5) is 12.9. The minimum atomic E-state index is -0.169. The summed E-state index contributed by atoms with van der Waals surface area (Å²) >= 11 is 1.59. The first kappa shape index (κ1) is 13.7. The molecule has 5 heteroatoms. The van der Waals surface area contributed by atoms with Crippen molar-refractivity contribution in [3.05, 3.63) is 46.7 Å². The second kappa shape index (κ2) is 6.45. The Morgan fingerprint density at radius 2 is 2.05 bits per heavy atom. The second-order valence-electron chi connectivity index (χ2n) is 4.55. The van der Waals surface area contributed by atoms with Gasteiger partial charge in [-0.1, -0.05) is 6.07 Å². The molecule has 0 atom stereocenters. The number of hydrogen-bond acceptors (Lipinski definition) is 4. The lowest BCUT2D eigenvalue weighted by Crippen LogP contribution is -2.07. The van der Waals surface area contributed by atoms with Crippen LogP contribution < -0.4 is 14.8 Å². The zero-order chi connectivity index (χ0) is 14.5. The standard InChI is InChI=1S/C16H15NO3S/c18-16(7-5-13-3-1-10-21-13)17-12-4-6-14-15(11-12)20-9-2-8-19-14/h1,3-7,10-11H,2,8-9H2,(H,17,18). The highest BCUT2D eigenvalue weighted by molar-refractivity contribution is 7.10. The number of nitrogens with one attached hydrogen (secondary N) is 1. The van der Waals surface area contributed by atoms with Crippen molar-refractivity contribution in [2.24, 2.45) is 0 Å². The van der Waals surface area contributed by atoms with Crippen molar-refractivity contribution in [2.75, 3.05) is 18.5 Å². The van der Waals surface area contributed by atoms with Crippen molar-refractivity contribution in [1.82, 2.24) is 0 Å². The van der Waals surface area contributed by atoms with Crippen LogP contribution in [0.2, 0.25) is 0 Å². The summed E-state index contributed by atoms with van der Waals surface area (Å²) < 4.78 is 11.2. The molecule has 1 aromatic heterocycles. The van der Waals surface area contributed by atoms with Crippen molar-refractivity contribution >= 4 is 29.0 Å². The van der Waals surface area contributed by atoms with Crippen LogP contribution in [-0.2, 0) is 4.79 Å². The number of anilines is 1. The molecule has 0 bridgehead atoms. The van der Waals surface area contributed by atoms with Crippen molar-refractivity contribution in [3.63, 3.8) is 0 Å². The van der Waals surface area contributed by atoms with Crippen LogP contribution in [-0.4, -0.2) is 19.1 Å². The van der Waals surface area contributed by atoms with E-state index in [0.717, 1.165) is 17.0 Å². The molecule has 1 aromatic carbocycles. The van der Waals surface area contributed by atoms with Crippen LogP contribution in [0.1, 0.15) is 11.3 Å². The lowest BCUT2D eigenvalue weighted by atomic mass is 10.2. The smallest absolute Gasteiger partial charge is 0.248 e. The van der Waals surface area contributed by atoms with Crippen molar-refractivity contribution < 1.29 is 14.3 Å². The number of benzene rings is 1. The van der Waals surface area contributed by atoms with Crippen LogP contribution in [0.25, 0.3) is 6.08 Å². The van der Waals surface area contributed by atoms with E-state index in [1.54, 1.807) is 23.5 Å². The predicted octanol–water partition coefficient (Wildman–Crippen LogP) is 3.56. The highest BCUT2D eigenvalue weighted by Crippen LogP contribution is 2.32. The highest BCUT2D eigenvalue weighted by atomic mass is 32.1. The van der Waals surface area contributed by atoms with Crippen molar-refractivity contribution in [3.8, 4) is 11.5 Å². The molecule has 2 aromatic rings. The third-order valence-electron chi connectivity index (χ3n) is 2.96. The Hall–Kier alpha value is -2.27. The van der Waals surface area contributed by atoms with E-state index >= 15 is 0 Å².